The van der Waals surface area contributed by atoms with Crippen molar-refractivity contribution in [2.24, 2.45) is 5.92 Å². The van der Waals surface area contributed by atoms with E-state index in [0.717, 1.165) is 60.7 Å². The molecule has 0 bridgehead atoms. The smallest absolute Gasteiger partial charge is 0.266 e. The first-order valence-corrected chi connectivity index (χ1v) is 15.8. The van der Waals surface area contributed by atoms with Gasteiger partial charge in [0.1, 0.15) is 11.6 Å². The predicted molar refractivity (Wildman–Crippen MR) is 150 cm³/mol. The second kappa shape index (κ2) is 11.6. The van der Waals surface area contributed by atoms with Crippen molar-refractivity contribution in [2.45, 2.75) is 82.2 Å². The minimum Gasteiger partial charge on any atom is -0.493 e. The zero-order chi connectivity index (χ0) is 28.0. The minimum atomic E-state index is -2.13. The Balaban J connectivity index is 1.05. The van der Waals surface area contributed by atoms with Crippen LogP contribution >= 0.6 is 11.6 Å². The van der Waals surface area contributed by atoms with Crippen LogP contribution in [0.1, 0.15) is 103 Å². The maximum absolute atomic E-state index is 15.0. The molecular weight excluding hydrogens is 555 g/mol. The van der Waals surface area contributed by atoms with Crippen LogP contribution in [0.15, 0.2) is 24.3 Å². The summed E-state index contributed by atoms with van der Waals surface area (Å²) in [5.74, 6) is 0.0598. The van der Waals surface area contributed by atoms with Crippen molar-refractivity contribution >= 4 is 28.7 Å². The molecule has 2 N–H and O–H groups in total. The molecule has 6 rings (SSSR count). The molecule has 8 nitrogen and oxygen atoms in total. The molecule has 4 aliphatic rings. The molecule has 0 radical (unpaired) electrons. The Kier molecular flexibility index (Phi) is 8.16. The highest BCUT2D eigenvalue weighted by Crippen LogP contribution is 2.45. The van der Waals surface area contributed by atoms with Crippen LogP contribution in [-0.4, -0.2) is 55.4 Å². The van der Waals surface area contributed by atoms with Gasteiger partial charge in [-0.15, -0.1) is 0 Å². The number of aromatic nitrogens is 1. The Bertz CT molecular complexity index is 1300. The lowest BCUT2D eigenvalue weighted by molar-refractivity contribution is 0.000318. The summed E-state index contributed by atoms with van der Waals surface area (Å²) in [5.41, 5.74) is 2.76. The van der Waals surface area contributed by atoms with Crippen molar-refractivity contribution in [3.63, 3.8) is 0 Å². The molecule has 4 fully saturated rings. The Hall–Kier alpha value is -2.11. The third-order valence-corrected chi connectivity index (χ3v) is 9.71. The number of hydroxylamine groups is 1. The molecular formula is C29H36ClFN4O4S. The number of rotatable bonds is 11. The molecule has 2 unspecified atom stereocenters. The highest BCUT2D eigenvalue weighted by Gasteiger charge is 2.34. The number of pyridine rings is 1. The first-order valence-electron chi connectivity index (χ1n) is 14.4. The van der Waals surface area contributed by atoms with Crippen LogP contribution in [0.3, 0.4) is 0 Å². The van der Waals surface area contributed by atoms with Crippen molar-refractivity contribution in [1.29, 1.82) is 0 Å². The van der Waals surface area contributed by atoms with Crippen molar-refractivity contribution in [3.8, 4) is 5.75 Å². The van der Waals surface area contributed by atoms with Crippen LogP contribution in [0.5, 0.6) is 5.75 Å². The molecule has 1 aromatic heterocycles. The van der Waals surface area contributed by atoms with Gasteiger partial charge in [0.2, 0.25) is 11.2 Å². The highest BCUT2D eigenvalue weighted by molar-refractivity contribution is 7.81. The summed E-state index contributed by atoms with van der Waals surface area (Å²) in [4.78, 5) is 20.0. The minimum absolute atomic E-state index is 0.184. The van der Waals surface area contributed by atoms with Gasteiger partial charge in [-0.2, -0.15) is 0 Å². The molecule has 2 atom stereocenters. The van der Waals surface area contributed by atoms with Gasteiger partial charge in [-0.3, -0.25) is 24.6 Å². The van der Waals surface area contributed by atoms with E-state index in [1.165, 1.54) is 25.0 Å². The van der Waals surface area contributed by atoms with E-state index >= 15 is 4.39 Å². The zero-order valence-electron chi connectivity index (χ0n) is 22.7. The van der Waals surface area contributed by atoms with Gasteiger partial charge in [-0.1, -0.05) is 16.1 Å². The Morgan fingerprint density at radius 3 is 2.50 bits per heavy atom. The number of benzene rings is 1. The number of carbonyl (C=O) groups is 1. The van der Waals surface area contributed by atoms with E-state index < -0.39 is 22.9 Å². The van der Waals surface area contributed by atoms with E-state index in [1.807, 2.05) is 12.1 Å². The zero-order valence-corrected chi connectivity index (χ0v) is 24.2. The van der Waals surface area contributed by atoms with Crippen molar-refractivity contribution in [2.75, 3.05) is 19.7 Å². The van der Waals surface area contributed by atoms with E-state index in [9.17, 15) is 14.2 Å². The van der Waals surface area contributed by atoms with E-state index in [2.05, 4.69) is 16.5 Å². The fourth-order valence-electron chi connectivity index (χ4n) is 5.44. The summed E-state index contributed by atoms with van der Waals surface area (Å²) in [7, 11) is 0. The van der Waals surface area contributed by atoms with Gasteiger partial charge < -0.3 is 4.74 Å². The molecule has 3 saturated carbocycles. The van der Waals surface area contributed by atoms with Crippen LogP contribution in [-0.2, 0) is 11.2 Å². The first-order chi connectivity index (χ1) is 19.3. The monoisotopic (exact) mass is 590 g/mol. The van der Waals surface area contributed by atoms with Gasteiger partial charge in [0.05, 0.1) is 23.9 Å². The lowest BCUT2D eigenvalue weighted by Crippen LogP contribution is -2.38. The molecule has 3 aliphatic carbocycles. The average molecular weight is 591 g/mol. The third kappa shape index (κ3) is 6.51. The van der Waals surface area contributed by atoms with Crippen molar-refractivity contribution in [1.82, 2.24) is 19.1 Å². The molecule has 1 amide bonds. The summed E-state index contributed by atoms with van der Waals surface area (Å²) >= 11 is 4.27. The first kappa shape index (κ1) is 28.0. The summed E-state index contributed by atoms with van der Waals surface area (Å²) in [6.07, 6.45) is 7.65. The second-order valence-electron chi connectivity index (χ2n) is 11.7. The third-order valence-electron chi connectivity index (χ3n) is 8.50. The number of carbonyl (C=O) groups excluding carboxylic acids is 1. The molecule has 1 aliphatic heterocycles. The van der Waals surface area contributed by atoms with Crippen molar-refractivity contribution in [3.05, 3.63) is 57.6 Å². The molecule has 11 heteroatoms. The largest absolute Gasteiger partial charge is 0.493 e. The molecule has 1 aromatic carbocycles. The number of nitrogens with one attached hydrogen (secondary N) is 1. The number of hydrogen-bond donors (Lipinski definition) is 2. The number of likely N-dealkylation sites (tertiary alicyclic amines) is 1. The van der Waals surface area contributed by atoms with Gasteiger partial charge in [-0.25, -0.2) is 8.60 Å². The van der Waals surface area contributed by atoms with Gasteiger partial charge in [-0.05, 0) is 107 Å². The predicted octanol–water partition coefficient (Wildman–Crippen LogP) is 5.64. The summed E-state index contributed by atoms with van der Waals surface area (Å²) in [5, 5.41) is 10.6. The van der Waals surface area contributed by atoms with Crippen LogP contribution in [0.4, 0.5) is 4.39 Å². The molecule has 216 valence electrons. The highest BCUT2D eigenvalue weighted by atomic mass is 35.5. The van der Waals surface area contributed by atoms with Crippen molar-refractivity contribution < 1.29 is 23.3 Å². The molecule has 0 spiro atoms. The Labute approximate surface area is 241 Å². The van der Waals surface area contributed by atoms with E-state index in [0.29, 0.717) is 41.5 Å². The van der Waals surface area contributed by atoms with E-state index in [1.54, 1.807) is 0 Å². The molecule has 40 heavy (non-hydrogen) atoms. The summed E-state index contributed by atoms with van der Waals surface area (Å²) < 4.78 is 36.2. The SMILES string of the molecule is CC(c1cc(Cl)cc(C2CC2)n1)N1CCC(COc2cc(F)c(C(=O)NS(=O)N(O)C3CC3)cc2C2CC2)CC1. The topological polar surface area (TPSA) is 95.0 Å². The molecule has 2 aromatic rings. The normalized spacial score (nSPS) is 21.8. The summed E-state index contributed by atoms with van der Waals surface area (Å²) in [6.45, 7) is 4.52. The maximum Gasteiger partial charge on any atom is 0.266 e. The maximum atomic E-state index is 15.0. The standard InChI is InChI=1S/C29H36ClFN4O4S/c1-17(26-12-21(30)13-27(32-26)20-4-5-20)34-10-8-18(9-11-34)16-39-28-15-25(31)24(14-23(28)19-2-3-19)29(36)33-40(38)35(37)22-6-7-22/h12-15,17-20,22,37H,2-11,16H2,1H3,(H,33,36). The lowest BCUT2D eigenvalue weighted by Gasteiger charge is -2.36. The lowest BCUT2D eigenvalue weighted by atomic mass is 9.96. The molecule has 2 heterocycles. The second-order valence-corrected chi connectivity index (χ2v) is 13.2. The number of ether oxygens (including phenoxy) is 1. The quantitative estimate of drug-likeness (QED) is 0.329. The number of hydrogen-bond acceptors (Lipinski definition) is 6. The van der Waals surface area contributed by atoms with Crippen LogP contribution in [0, 0.1) is 11.7 Å². The van der Waals surface area contributed by atoms with E-state index in [-0.39, 0.29) is 23.6 Å². The van der Waals surface area contributed by atoms with Gasteiger partial charge in [0.15, 0.2) is 0 Å². The number of piperidine rings is 1. The van der Waals surface area contributed by atoms with E-state index in [4.69, 9.17) is 21.3 Å². The van der Waals surface area contributed by atoms with Crippen LogP contribution < -0.4 is 9.46 Å². The van der Waals surface area contributed by atoms with Gasteiger partial charge >= 0.3 is 0 Å². The Morgan fingerprint density at radius 1 is 1.15 bits per heavy atom. The fraction of sp³-hybridized carbons (Fsp3) is 0.586. The molecule has 1 saturated heterocycles. The van der Waals surface area contributed by atoms with Gasteiger partial charge in [0.25, 0.3) is 5.91 Å². The number of amides is 1. The fourth-order valence-corrected chi connectivity index (χ4v) is 6.50. The number of halogens is 2. The summed E-state index contributed by atoms with van der Waals surface area (Å²) in [6, 6.07) is 6.73. The van der Waals surface area contributed by atoms with Gasteiger partial charge in [0, 0.05) is 28.7 Å². The van der Waals surface area contributed by atoms with Crippen LogP contribution in [0.25, 0.3) is 0 Å². The Morgan fingerprint density at radius 2 is 1.85 bits per heavy atom. The average Bonchev–Trinajstić information content (AvgIpc) is 3.77. The number of nitrogens with zero attached hydrogens (tertiary/aromatic N) is 3. The van der Waals surface area contributed by atoms with Crippen LogP contribution in [0.2, 0.25) is 5.02 Å².